The molecule has 0 unspecified atom stereocenters. The molecule has 26 heavy (non-hydrogen) atoms. The SMILES string of the molecule is C=C(/C=N\N(C)C)C(=O)Cn1nc(C(=O)OCC)c(Br)c1C(=O)OCC. The molecule has 0 aliphatic rings. The van der Waals surface area contributed by atoms with Gasteiger partial charge in [0.25, 0.3) is 0 Å². The normalized spacial score (nSPS) is 10.7. The molecule has 1 aromatic heterocycles. The van der Waals surface area contributed by atoms with Gasteiger partial charge in [0, 0.05) is 19.7 Å². The van der Waals surface area contributed by atoms with Gasteiger partial charge in [-0.05, 0) is 29.8 Å². The summed E-state index contributed by atoms with van der Waals surface area (Å²) in [5.41, 5.74) is -0.0475. The van der Waals surface area contributed by atoms with Gasteiger partial charge in [0.15, 0.2) is 17.2 Å². The van der Waals surface area contributed by atoms with Crippen LogP contribution in [0, 0.1) is 0 Å². The lowest BCUT2D eigenvalue weighted by Crippen LogP contribution is -2.20. The summed E-state index contributed by atoms with van der Waals surface area (Å²) in [5.74, 6) is -1.86. The lowest BCUT2D eigenvalue weighted by Gasteiger charge is -2.07. The average molecular weight is 429 g/mol. The van der Waals surface area contributed by atoms with Gasteiger partial charge < -0.3 is 14.5 Å². The van der Waals surface area contributed by atoms with Crippen LogP contribution in [0.5, 0.6) is 0 Å². The van der Waals surface area contributed by atoms with Gasteiger partial charge in [0.2, 0.25) is 0 Å². The Balaban J connectivity index is 3.21. The Hall–Kier alpha value is -2.49. The summed E-state index contributed by atoms with van der Waals surface area (Å²) in [7, 11) is 3.40. The van der Waals surface area contributed by atoms with Crippen molar-refractivity contribution in [2.75, 3.05) is 27.3 Å². The lowest BCUT2D eigenvalue weighted by molar-refractivity contribution is -0.115. The van der Waals surface area contributed by atoms with E-state index < -0.39 is 17.7 Å². The van der Waals surface area contributed by atoms with Crippen molar-refractivity contribution in [3.8, 4) is 0 Å². The minimum absolute atomic E-state index is 0.0550. The van der Waals surface area contributed by atoms with Crippen LogP contribution in [-0.4, -0.2) is 66.0 Å². The van der Waals surface area contributed by atoms with Crippen LogP contribution < -0.4 is 0 Å². The van der Waals surface area contributed by atoms with Gasteiger partial charge in [0.1, 0.15) is 6.54 Å². The Kier molecular flexibility index (Phi) is 8.17. The van der Waals surface area contributed by atoms with Crippen molar-refractivity contribution in [3.05, 3.63) is 28.0 Å². The summed E-state index contributed by atoms with van der Waals surface area (Å²) in [4.78, 5) is 36.5. The number of hydrogen-bond acceptors (Lipinski definition) is 8. The topological polar surface area (TPSA) is 103 Å². The summed E-state index contributed by atoms with van der Waals surface area (Å²) in [6, 6.07) is 0. The molecule has 0 amide bonds. The number of rotatable bonds is 9. The largest absolute Gasteiger partial charge is 0.461 e. The number of ketones is 1. The van der Waals surface area contributed by atoms with Gasteiger partial charge in [-0.25, -0.2) is 14.3 Å². The minimum atomic E-state index is -0.720. The monoisotopic (exact) mass is 428 g/mol. The number of hydrazone groups is 1. The lowest BCUT2D eigenvalue weighted by atomic mass is 10.2. The predicted molar refractivity (Wildman–Crippen MR) is 98.2 cm³/mol. The number of allylic oxidation sites excluding steroid dienone is 1. The molecule has 1 heterocycles. The fraction of sp³-hybridized carbons (Fsp3) is 0.438. The molecule has 0 spiro atoms. The van der Waals surface area contributed by atoms with Crippen LogP contribution in [0.1, 0.15) is 34.8 Å². The van der Waals surface area contributed by atoms with E-state index in [1.807, 2.05) is 0 Å². The molecule has 0 aliphatic carbocycles. The molecule has 0 N–H and O–H groups in total. The molecular formula is C16H21BrN4O5. The molecule has 10 heteroatoms. The van der Waals surface area contributed by atoms with Crippen LogP contribution in [-0.2, 0) is 20.8 Å². The van der Waals surface area contributed by atoms with Crippen LogP contribution in [0.2, 0.25) is 0 Å². The maximum Gasteiger partial charge on any atom is 0.360 e. The van der Waals surface area contributed by atoms with Crippen molar-refractivity contribution in [1.82, 2.24) is 14.8 Å². The van der Waals surface area contributed by atoms with E-state index in [2.05, 4.69) is 32.7 Å². The fourth-order valence-electron chi connectivity index (χ4n) is 1.77. The van der Waals surface area contributed by atoms with Crippen LogP contribution in [0.3, 0.4) is 0 Å². The second-order valence-electron chi connectivity index (χ2n) is 5.15. The summed E-state index contributed by atoms with van der Waals surface area (Å²) in [5, 5.41) is 9.47. The maximum atomic E-state index is 12.3. The van der Waals surface area contributed by atoms with Gasteiger partial charge in [0.05, 0.1) is 23.9 Å². The molecule has 1 aromatic rings. The van der Waals surface area contributed by atoms with Crippen molar-refractivity contribution in [1.29, 1.82) is 0 Å². The second kappa shape index (κ2) is 9.85. The van der Waals surface area contributed by atoms with E-state index >= 15 is 0 Å². The first-order valence-corrected chi connectivity index (χ1v) is 8.56. The summed E-state index contributed by atoms with van der Waals surface area (Å²) >= 11 is 3.17. The Morgan fingerprint density at radius 2 is 1.81 bits per heavy atom. The van der Waals surface area contributed by atoms with E-state index in [-0.39, 0.29) is 41.2 Å². The van der Waals surface area contributed by atoms with E-state index in [1.54, 1.807) is 27.9 Å². The number of carbonyl (C=O) groups is 3. The molecule has 142 valence electrons. The summed E-state index contributed by atoms with van der Waals surface area (Å²) in [6.07, 6.45) is 1.30. The van der Waals surface area contributed by atoms with Gasteiger partial charge in [-0.2, -0.15) is 10.2 Å². The van der Waals surface area contributed by atoms with Gasteiger partial charge in [-0.1, -0.05) is 6.58 Å². The predicted octanol–water partition coefficient (Wildman–Crippen LogP) is 1.67. The molecule has 0 aliphatic heterocycles. The van der Waals surface area contributed by atoms with Gasteiger partial charge >= 0.3 is 11.9 Å². The van der Waals surface area contributed by atoms with E-state index in [0.29, 0.717) is 0 Å². The molecule has 0 saturated heterocycles. The molecule has 0 saturated carbocycles. The van der Waals surface area contributed by atoms with Crippen LogP contribution in [0.15, 0.2) is 21.7 Å². The number of hydrogen-bond donors (Lipinski definition) is 0. The van der Waals surface area contributed by atoms with Crippen molar-refractivity contribution in [2.45, 2.75) is 20.4 Å². The molecule has 0 radical (unpaired) electrons. The highest BCUT2D eigenvalue weighted by Crippen LogP contribution is 2.24. The number of ether oxygens (including phenoxy) is 2. The van der Waals surface area contributed by atoms with Crippen molar-refractivity contribution >= 4 is 39.9 Å². The zero-order valence-electron chi connectivity index (χ0n) is 15.1. The zero-order chi connectivity index (χ0) is 19.9. The number of esters is 2. The third-order valence-corrected chi connectivity index (χ3v) is 3.68. The number of Topliss-reactive ketones (excluding diaryl/α,β-unsaturated/α-hetero) is 1. The number of aromatic nitrogens is 2. The highest BCUT2D eigenvalue weighted by Gasteiger charge is 2.28. The zero-order valence-corrected chi connectivity index (χ0v) is 16.7. The third kappa shape index (κ3) is 5.51. The highest BCUT2D eigenvalue weighted by molar-refractivity contribution is 9.10. The van der Waals surface area contributed by atoms with E-state index in [1.165, 1.54) is 11.2 Å². The van der Waals surface area contributed by atoms with Crippen molar-refractivity contribution in [3.63, 3.8) is 0 Å². The van der Waals surface area contributed by atoms with Crippen LogP contribution in [0.25, 0.3) is 0 Å². The highest BCUT2D eigenvalue weighted by atomic mass is 79.9. The van der Waals surface area contributed by atoms with E-state index in [4.69, 9.17) is 9.47 Å². The number of halogens is 1. The standard InChI is InChI=1S/C16H21BrN4O5/c1-6-25-15(23)13-12(17)14(16(24)26-7-2)21(19-13)9-11(22)10(3)8-18-20(4)5/h8H,3,6-7,9H2,1-2,4-5H3/b18-8-. The Morgan fingerprint density at radius 1 is 1.23 bits per heavy atom. The summed E-state index contributed by atoms with van der Waals surface area (Å²) in [6.45, 7) is 6.88. The maximum absolute atomic E-state index is 12.3. The third-order valence-electron chi connectivity index (χ3n) is 2.93. The smallest absolute Gasteiger partial charge is 0.360 e. The Morgan fingerprint density at radius 3 is 2.35 bits per heavy atom. The quantitative estimate of drug-likeness (QED) is 0.255. The second-order valence-corrected chi connectivity index (χ2v) is 5.94. The number of nitrogens with zero attached hydrogens (tertiary/aromatic N) is 4. The molecule has 0 fully saturated rings. The first-order chi connectivity index (χ1) is 12.2. The van der Waals surface area contributed by atoms with Crippen molar-refractivity contribution < 1.29 is 23.9 Å². The summed E-state index contributed by atoms with van der Waals surface area (Å²) < 4.78 is 11.1. The first-order valence-electron chi connectivity index (χ1n) is 7.76. The Labute approximate surface area is 159 Å². The molecular weight excluding hydrogens is 408 g/mol. The van der Waals surface area contributed by atoms with E-state index in [9.17, 15) is 14.4 Å². The minimum Gasteiger partial charge on any atom is -0.461 e. The number of carbonyl (C=O) groups excluding carboxylic acids is 3. The molecule has 0 atom stereocenters. The average Bonchev–Trinajstić information content (AvgIpc) is 2.89. The van der Waals surface area contributed by atoms with Gasteiger partial charge in [-0.3, -0.25) is 4.79 Å². The molecule has 9 nitrogen and oxygen atoms in total. The van der Waals surface area contributed by atoms with Gasteiger partial charge in [-0.15, -0.1) is 0 Å². The van der Waals surface area contributed by atoms with E-state index in [0.717, 1.165) is 4.68 Å². The van der Waals surface area contributed by atoms with Crippen LogP contribution in [0.4, 0.5) is 0 Å². The van der Waals surface area contributed by atoms with Crippen molar-refractivity contribution in [2.24, 2.45) is 5.10 Å². The van der Waals surface area contributed by atoms with Crippen LogP contribution >= 0.6 is 15.9 Å². The Bertz CT molecular complexity index is 739. The molecule has 0 bridgehead atoms. The fourth-order valence-corrected chi connectivity index (χ4v) is 2.38. The molecule has 1 rings (SSSR count). The first kappa shape index (κ1) is 21.6. The molecule has 0 aromatic carbocycles.